The predicted octanol–water partition coefficient (Wildman–Crippen LogP) is 2.52. The Hall–Kier alpha value is -1.70. The summed E-state index contributed by atoms with van der Waals surface area (Å²) in [5.41, 5.74) is 2.21. The Balaban J connectivity index is 2.26. The van der Waals surface area contributed by atoms with E-state index in [1.165, 1.54) is 23.5 Å². The van der Waals surface area contributed by atoms with Crippen LogP contribution in [0.1, 0.15) is 27.7 Å². The van der Waals surface area contributed by atoms with Gasteiger partial charge in [-0.25, -0.2) is 13.6 Å². The molecule has 0 spiro atoms. The Morgan fingerprint density at radius 2 is 2.05 bits per heavy atom. The van der Waals surface area contributed by atoms with Gasteiger partial charge in [-0.3, -0.25) is 4.79 Å². The van der Waals surface area contributed by atoms with Crippen LogP contribution >= 0.6 is 11.3 Å². The maximum absolute atomic E-state index is 12.2. The lowest BCUT2D eigenvalue weighted by atomic mass is 10.1. The van der Waals surface area contributed by atoms with Crippen molar-refractivity contribution in [1.29, 1.82) is 0 Å². The van der Waals surface area contributed by atoms with E-state index in [9.17, 15) is 13.2 Å². The summed E-state index contributed by atoms with van der Waals surface area (Å²) in [5, 5.41) is 9.76. The summed E-state index contributed by atoms with van der Waals surface area (Å²) in [6.45, 7) is 3.71. The molecule has 1 aromatic carbocycles. The number of carbonyl (C=O) groups excluding carboxylic acids is 1. The minimum Gasteiger partial charge on any atom is -0.321 e. The van der Waals surface area contributed by atoms with Crippen molar-refractivity contribution in [1.82, 2.24) is 0 Å². The number of carbonyl (C=O) groups is 1. The Morgan fingerprint density at radius 3 is 2.62 bits per heavy atom. The SMILES string of the molecule is CCc1ccsc1C(=O)Nc1ccc(S(N)(=O)=O)cc1C. The van der Waals surface area contributed by atoms with Gasteiger partial charge in [0, 0.05) is 5.69 Å². The number of rotatable bonds is 4. The standard InChI is InChI=1S/C14H16N2O3S2/c1-3-10-6-7-20-13(10)14(17)16-12-5-4-11(8-9(12)2)21(15,18)19/h4-8H,3H2,1-2H3,(H,16,17)(H2,15,18,19). The van der Waals surface area contributed by atoms with Crippen LogP contribution in [0.15, 0.2) is 34.5 Å². The van der Waals surface area contributed by atoms with Crippen LogP contribution in [0.25, 0.3) is 0 Å². The molecule has 2 rings (SSSR count). The molecule has 2 aromatic rings. The first-order valence-corrected chi connectivity index (χ1v) is 8.76. The number of thiophene rings is 1. The second-order valence-electron chi connectivity index (χ2n) is 4.60. The summed E-state index contributed by atoms with van der Waals surface area (Å²) >= 11 is 1.39. The first-order valence-electron chi connectivity index (χ1n) is 6.34. The number of primary sulfonamides is 1. The Bertz CT molecular complexity index is 779. The van der Waals surface area contributed by atoms with Crippen molar-refractivity contribution in [2.45, 2.75) is 25.2 Å². The zero-order chi connectivity index (χ0) is 15.6. The summed E-state index contributed by atoms with van der Waals surface area (Å²) in [6.07, 6.45) is 0.787. The predicted molar refractivity (Wildman–Crippen MR) is 84.2 cm³/mol. The molecule has 0 aliphatic carbocycles. The number of benzene rings is 1. The van der Waals surface area contributed by atoms with Crippen molar-refractivity contribution < 1.29 is 13.2 Å². The van der Waals surface area contributed by atoms with E-state index in [0.29, 0.717) is 16.1 Å². The molecule has 112 valence electrons. The molecule has 1 aromatic heterocycles. The van der Waals surface area contributed by atoms with E-state index in [-0.39, 0.29) is 10.8 Å². The molecule has 0 saturated carbocycles. The highest BCUT2D eigenvalue weighted by atomic mass is 32.2. The van der Waals surface area contributed by atoms with E-state index >= 15 is 0 Å². The molecule has 7 heteroatoms. The first kappa shape index (κ1) is 15.7. The van der Waals surface area contributed by atoms with Crippen molar-refractivity contribution in [3.05, 3.63) is 45.6 Å². The van der Waals surface area contributed by atoms with Crippen LogP contribution in [0.3, 0.4) is 0 Å². The largest absolute Gasteiger partial charge is 0.321 e. The van der Waals surface area contributed by atoms with Gasteiger partial charge in [-0.05, 0) is 54.1 Å². The van der Waals surface area contributed by atoms with Crippen LogP contribution in [0.2, 0.25) is 0 Å². The monoisotopic (exact) mass is 324 g/mol. The van der Waals surface area contributed by atoms with E-state index in [1.807, 2.05) is 18.4 Å². The number of amides is 1. The number of aryl methyl sites for hydroxylation is 2. The normalized spacial score (nSPS) is 11.4. The van der Waals surface area contributed by atoms with Gasteiger partial charge in [-0.1, -0.05) is 6.92 Å². The molecule has 0 saturated heterocycles. The average molecular weight is 324 g/mol. The number of hydrogen-bond donors (Lipinski definition) is 2. The van der Waals surface area contributed by atoms with Crippen molar-refractivity contribution >= 4 is 33.0 Å². The fourth-order valence-electron chi connectivity index (χ4n) is 1.95. The zero-order valence-corrected chi connectivity index (χ0v) is 13.3. The molecule has 3 N–H and O–H groups in total. The van der Waals surface area contributed by atoms with E-state index in [1.54, 1.807) is 13.0 Å². The Labute approximate surface area is 127 Å². The molecule has 0 bridgehead atoms. The molecular formula is C14H16N2O3S2. The fraction of sp³-hybridized carbons (Fsp3) is 0.214. The topological polar surface area (TPSA) is 89.3 Å². The van der Waals surface area contributed by atoms with Crippen molar-refractivity contribution in [3.63, 3.8) is 0 Å². The van der Waals surface area contributed by atoms with Gasteiger partial charge in [0.15, 0.2) is 0 Å². The fourth-order valence-corrected chi connectivity index (χ4v) is 3.43. The molecule has 0 aliphatic rings. The van der Waals surface area contributed by atoms with Gasteiger partial charge in [0.2, 0.25) is 10.0 Å². The average Bonchev–Trinajstić information content (AvgIpc) is 2.88. The summed E-state index contributed by atoms with van der Waals surface area (Å²) in [7, 11) is -3.74. The molecule has 0 radical (unpaired) electrons. The molecule has 1 amide bonds. The van der Waals surface area contributed by atoms with Crippen molar-refractivity contribution in [3.8, 4) is 0 Å². The van der Waals surface area contributed by atoms with Crippen LogP contribution in [-0.2, 0) is 16.4 Å². The van der Waals surface area contributed by atoms with Gasteiger partial charge in [0.1, 0.15) is 0 Å². The van der Waals surface area contributed by atoms with Gasteiger partial charge in [0.05, 0.1) is 9.77 Å². The van der Waals surface area contributed by atoms with Gasteiger partial charge < -0.3 is 5.32 Å². The third-order valence-corrected chi connectivity index (χ3v) is 4.97. The number of nitrogens with two attached hydrogens (primary N) is 1. The second-order valence-corrected chi connectivity index (χ2v) is 7.08. The van der Waals surface area contributed by atoms with Crippen LogP contribution in [0, 0.1) is 6.92 Å². The third-order valence-electron chi connectivity index (χ3n) is 3.11. The van der Waals surface area contributed by atoms with E-state index in [2.05, 4.69) is 5.32 Å². The summed E-state index contributed by atoms with van der Waals surface area (Å²) in [5.74, 6) is -0.187. The van der Waals surface area contributed by atoms with E-state index in [0.717, 1.165) is 12.0 Å². The van der Waals surface area contributed by atoms with Gasteiger partial charge in [0.25, 0.3) is 5.91 Å². The number of nitrogens with one attached hydrogen (secondary N) is 1. The van der Waals surface area contributed by atoms with Crippen molar-refractivity contribution in [2.75, 3.05) is 5.32 Å². The lowest BCUT2D eigenvalue weighted by molar-refractivity contribution is 0.102. The summed E-state index contributed by atoms with van der Waals surface area (Å²) in [4.78, 5) is 12.9. The molecular weight excluding hydrogens is 308 g/mol. The van der Waals surface area contributed by atoms with E-state index in [4.69, 9.17) is 5.14 Å². The molecule has 5 nitrogen and oxygen atoms in total. The minimum absolute atomic E-state index is 0.0309. The highest BCUT2D eigenvalue weighted by Crippen LogP contribution is 2.22. The highest BCUT2D eigenvalue weighted by Gasteiger charge is 2.14. The number of hydrogen-bond acceptors (Lipinski definition) is 4. The van der Waals surface area contributed by atoms with E-state index < -0.39 is 10.0 Å². The van der Waals surface area contributed by atoms with Gasteiger partial charge in [-0.2, -0.15) is 0 Å². The van der Waals surface area contributed by atoms with Crippen LogP contribution in [0.4, 0.5) is 5.69 Å². The molecule has 0 unspecified atom stereocenters. The second kappa shape index (κ2) is 5.97. The number of anilines is 1. The van der Waals surface area contributed by atoms with Crippen LogP contribution in [-0.4, -0.2) is 14.3 Å². The maximum atomic E-state index is 12.2. The maximum Gasteiger partial charge on any atom is 0.266 e. The van der Waals surface area contributed by atoms with Crippen LogP contribution < -0.4 is 10.5 Å². The number of sulfonamides is 1. The smallest absolute Gasteiger partial charge is 0.266 e. The minimum atomic E-state index is -3.74. The van der Waals surface area contributed by atoms with Crippen molar-refractivity contribution in [2.24, 2.45) is 5.14 Å². The molecule has 0 aliphatic heterocycles. The lowest BCUT2D eigenvalue weighted by Gasteiger charge is -2.09. The molecule has 21 heavy (non-hydrogen) atoms. The summed E-state index contributed by atoms with van der Waals surface area (Å²) in [6, 6.07) is 6.30. The lowest BCUT2D eigenvalue weighted by Crippen LogP contribution is -2.15. The zero-order valence-electron chi connectivity index (χ0n) is 11.7. The molecule has 1 heterocycles. The first-order chi connectivity index (χ1) is 9.82. The Morgan fingerprint density at radius 1 is 1.33 bits per heavy atom. The van der Waals surface area contributed by atoms with Gasteiger partial charge in [-0.15, -0.1) is 11.3 Å². The quantitative estimate of drug-likeness (QED) is 0.905. The Kier molecular flexibility index (Phi) is 4.46. The van der Waals surface area contributed by atoms with Crippen LogP contribution in [0.5, 0.6) is 0 Å². The summed E-state index contributed by atoms with van der Waals surface area (Å²) < 4.78 is 22.6. The third kappa shape index (κ3) is 3.49. The van der Waals surface area contributed by atoms with Gasteiger partial charge >= 0.3 is 0 Å². The molecule has 0 atom stereocenters. The highest BCUT2D eigenvalue weighted by molar-refractivity contribution is 7.89. The molecule has 0 fully saturated rings.